The van der Waals surface area contributed by atoms with Crippen molar-refractivity contribution in [2.24, 2.45) is 0 Å². The number of carboxylic acids is 2. The summed E-state index contributed by atoms with van der Waals surface area (Å²) in [6.45, 7) is 0. The SMILES string of the molecule is O=C(O)c1ccc(C#Cc2ccc(C#Cc3ccccc3)c(F)c2)cc1C(=O)O. The van der Waals surface area contributed by atoms with Gasteiger partial charge in [-0.1, -0.05) is 41.9 Å². The third kappa shape index (κ3) is 4.88. The summed E-state index contributed by atoms with van der Waals surface area (Å²) in [5.74, 6) is 7.89. The van der Waals surface area contributed by atoms with E-state index in [4.69, 9.17) is 10.2 Å². The van der Waals surface area contributed by atoms with Crippen LogP contribution >= 0.6 is 0 Å². The summed E-state index contributed by atoms with van der Waals surface area (Å²) in [4.78, 5) is 22.3. The van der Waals surface area contributed by atoms with Crippen molar-refractivity contribution in [3.05, 3.63) is 106 Å². The first-order chi connectivity index (χ1) is 13.9. The van der Waals surface area contributed by atoms with Crippen LogP contribution in [0.5, 0.6) is 0 Å². The van der Waals surface area contributed by atoms with Crippen LogP contribution in [0.3, 0.4) is 0 Å². The largest absolute Gasteiger partial charge is 0.478 e. The molecule has 140 valence electrons. The van der Waals surface area contributed by atoms with Crippen LogP contribution in [0, 0.1) is 29.5 Å². The predicted octanol–water partition coefficient (Wildman–Crippen LogP) is 4.02. The lowest BCUT2D eigenvalue weighted by molar-refractivity contribution is 0.0651. The number of carboxylic acid groups (broad SMARTS) is 2. The smallest absolute Gasteiger partial charge is 0.336 e. The number of hydrogen-bond acceptors (Lipinski definition) is 2. The highest BCUT2D eigenvalue weighted by atomic mass is 19.1. The Hall–Kier alpha value is -4.35. The lowest BCUT2D eigenvalue weighted by Crippen LogP contribution is -2.08. The highest BCUT2D eigenvalue weighted by Gasteiger charge is 2.15. The summed E-state index contributed by atoms with van der Waals surface area (Å²) >= 11 is 0. The van der Waals surface area contributed by atoms with Gasteiger partial charge in [-0.15, -0.1) is 0 Å². The summed E-state index contributed by atoms with van der Waals surface area (Å²) in [5.41, 5.74) is 1.01. The molecular weight excluding hydrogens is 371 g/mol. The highest BCUT2D eigenvalue weighted by Crippen LogP contribution is 2.13. The van der Waals surface area contributed by atoms with Gasteiger partial charge in [-0.25, -0.2) is 14.0 Å². The van der Waals surface area contributed by atoms with Gasteiger partial charge in [-0.05, 0) is 48.5 Å². The van der Waals surface area contributed by atoms with Gasteiger partial charge in [0, 0.05) is 16.7 Å². The number of carbonyl (C=O) groups is 2. The van der Waals surface area contributed by atoms with E-state index in [0.29, 0.717) is 11.1 Å². The summed E-state index contributed by atoms with van der Waals surface area (Å²) in [6, 6.07) is 17.3. The van der Waals surface area contributed by atoms with Gasteiger partial charge in [0.1, 0.15) is 5.82 Å². The maximum atomic E-state index is 14.3. The Morgan fingerprint density at radius 2 is 1.24 bits per heavy atom. The van der Waals surface area contributed by atoms with Crippen LogP contribution in [0.15, 0.2) is 66.7 Å². The van der Waals surface area contributed by atoms with Gasteiger partial charge < -0.3 is 10.2 Å². The summed E-state index contributed by atoms with van der Waals surface area (Å²) in [6.07, 6.45) is 0. The van der Waals surface area contributed by atoms with E-state index < -0.39 is 17.8 Å². The second-order valence-electron chi connectivity index (χ2n) is 5.93. The Balaban J connectivity index is 1.86. The number of halogens is 1. The Labute approximate surface area is 166 Å². The van der Waals surface area contributed by atoms with E-state index in [0.717, 1.165) is 5.56 Å². The minimum Gasteiger partial charge on any atom is -0.478 e. The highest BCUT2D eigenvalue weighted by molar-refractivity contribution is 6.01. The monoisotopic (exact) mass is 384 g/mol. The van der Waals surface area contributed by atoms with Crippen molar-refractivity contribution < 1.29 is 24.2 Å². The molecule has 5 heteroatoms. The molecule has 0 saturated heterocycles. The lowest BCUT2D eigenvalue weighted by atomic mass is 10.0. The van der Waals surface area contributed by atoms with Crippen molar-refractivity contribution in [1.82, 2.24) is 0 Å². The van der Waals surface area contributed by atoms with E-state index in [1.54, 1.807) is 6.07 Å². The molecule has 0 bridgehead atoms. The lowest BCUT2D eigenvalue weighted by Gasteiger charge is -2.01. The van der Waals surface area contributed by atoms with E-state index >= 15 is 0 Å². The number of benzene rings is 3. The first-order valence-corrected chi connectivity index (χ1v) is 8.43. The van der Waals surface area contributed by atoms with Crippen molar-refractivity contribution in [3.8, 4) is 23.7 Å². The van der Waals surface area contributed by atoms with Crippen molar-refractivity contribution in [3.63, 3.8) is 0 Å². The first-order valence-electron chi connectivity index (χ1n) is 8.43. The average molecular weight is 384 g/mol. The normalized spacial score (nSPS) is 9.55. The van der Waals surface area contributed by atoms with Gasteiger partial charge in [-0.2, -0.15) is 0 Å². The van der Waals surface area contributed by atoms with Gasteiger partial charge in [-0.3, -0.25) is 0 Å². The molecule has 0 spiro atoms. The zero-order chi connectivity index (χ0) is 20.8. The predicted molar refractivity (Wildman–Crippen MR) is 105 cm³/mol. The molecule has 0 aromatic heterocycles. The maximum absolute atomic E-state index is 14.3. The van der Waals surface area contributed by atoms with Gasteiger partial charge in [0.15, 0.2) is 0 Å². The van der Waals surface area contributed by atoms with Crippen molar-refractivity contribution in [1.29, 1.82) is 0 Å². The molecule has 3 rings (SSSR count). The minimum absolute atomic E-state index is 0.235. The third-order valence-electron chi connectivity index (χ3n) is 3.92. The Bertz CT molecular complexity index is 1220. The van der Waals surface area contributed by atoms with Gasteiger partial charge >= 0.3 is 11.9 Å². The molecule has 0 aliphatic rings. The Morgan fingerprint density at radius 1 is 0.655 bits per heavy atom. The van der Waals surface area contributed by atoms with E-state index in [1.807, 2.05) is 30.3 Å². The molecule has 0 atom stereocenters. The molecule has 3 aromatic rings. The molecular formula is C24H13FO4. The third-order valence-corrected chi connectivity index (χ3v) is 3.92. The molecule has 4 nitrogen and oxygen atoms in total. The maximum Gasteiger partial charge on any atom is 0.336 e. The number of hydrogen-bond donors (Lipinski definition) is 2. The van der Waals surface area contributed by atoms with E-state index in [9.17, 15) is 14.0 Å². The molecule has 0 saturated carbocycles. The van der Waals surface area contributed by atoms with Crippen LogP contribution in [0.2, 0.25) is 0 Å². The average Bonchev–Trinajstić information content (AvgIpc) is 2.72. The van der Waals surface area contributed by atoms with Crippen molar-refractivity contribution in [2.45, 2.75) is 0 Å². The Morgan fingerprint density at radius 3 is 1.86 bits per heavy atom. The molecule has 29 heavy (non-hydrogen) atoms. The Kier molecular flexibility index (Phi) is 5.73. The van der Waals surface area contributed by atoms with Gasteiger partial charge in [0.2, 0.25) is 0 Å². The second-order valence-corrected chi connectivity index (χ2v) is 5.93. The molecule has 0 unspecified atom stereocenters. The van der Waals surface area contributed by atoms with Gasteiger partial charge in [0.05, 0.1) is 16.7 Å². The summed E-state index contributed by atoms with van der Waals surface area (Å²) < 4.78 is 14.3. The first kappa shape index (κ1) is 19.4. The quantitative estimate of drug-likeness (QED) is 0.655. The molecule has 0 fully saturated rings. The van der Waals surface area contributed by atoms with E-state index in [1.165, 1.54) is 30.3 Å². The van der Waals surface area contributed by atoms with Crippen LogP contribution in [0.4, 0.5) is 4.39 Å². The molecule has 0 radical (unpaired) electrons. The summed E-state index contributed by atoms with van der Waals surface area (Å²) in [7, 11) is 0. The zero-order valence-electron chi connectivity index (χ0n) is 14.9. The topological polar surface area (TPSA) is 74.6 Å². The number of aromatic carboxylic acids is 2. The van der Waals surface area contributed by atoms with E-state index in [-0.39, 0.29) is 16.7 Å². The molecule has 2 N–H and O–H groups in total. The summed E-state index contributed by atoms with van der Waals surface area (Å²) in [5, 5.41) is 18.2. The van der Waals surface area contributed by atoms with Crippen LogP contribution in [0.25, 0.3) is 0 Å². The fraction of sp³-hybridized carbons (Fsp3) is 0. The van der Waals surface area contributed by atoms with Crippen LogP contribution in [-0.2, 0) is 0 Å². The standard InChI is InChI=1S/C24H13FO4/c25-22-15-18(9-12-19(22)11-8-16-4-2-1-3-5-16)7-6-17-10-13-20(23(26)27)21(14-17)24(28)29/h1-5,9-10,12-15H,(H,26,27)(H,28,29). The molecule has 0 aliphatic heterocycles. The van der Waals surface area contributed by atoms with Crippen molar-refractivity contribution in [2.75, 3.05) is 0 Å². The molecule has 0 aliphatic carbocycles. The molecule has 3 aromatic carbocycles. The van der Waals surface area contributed by atoms with Crippen molar-refractivity contribution >= 4 is 11.9 Å². The van der Waals surface area contributed by atoms with Crippen LogP contribution in [-0.4, -0.2) is 22.2 Å². The number of rotatable bonds is 2. The molecule has 0 heterocycles. The minimum atomic E-state index is -1.36. The fourth-order valence-corrected chi connectivity index (χ4v) is 2.49. The molecule has 0 amide bonds. The van der Waals surface area contributed by atoms with Gasteiger partial charge in [0.25, 0.3) is 0 Å². The van der Waals surface area contributed by atoms with Crippen LogP contribution in [0.1, 0.15) is 43.0 Å². The zero-order valence-corrected chi connectivity index (χ0v) is 14.9. The van der Waals surface area contributed by atoms with E-state index in [2.05, 4.69) is 23.7 Å². The fourth-order valence-electron chi connectivity index (χ4n) is 2.49. The second kappa shape index (κ2) is 8.56. The van der Waals surface area contributed by atoms with Crippen LogP contribution < -0.4 is 0 Å².